The predicted octanol–water partition coefficient (Wildman–Crippen LogP) is 3.92. The Morgan fingerprint density at radius 3 is 2.89 bits per heavy atom. The molecule has 0 spiro atoms. The molecule has 3 atom stereocenters. The van der Waals surface area contributed by atoms with Crippen LogP contribution in [0.4, 0.5) is 0 Å². The van der Waals surface area contributed by atoms with Crippen LogP contribution in [0.2, 0.25) is 0 Å². The van der Waals surface area contributed by atoms with Crippen LogP contribution < -0.4 is 5.32 Å². The highest BCUT2D eigenvalue weighted by molar-refractivity contribution is 8.14. The second-order valence-corrected chi connectivity index (χ2v) is 7.43. The van der Waals surface area contributed by atoms with Gasteiger partial charge in [0.05, 0.1) is 0 Å². The summed E-state index contributed by atoms with van der Waals surface area (Å²) >= 11 is 1.90. The smallest absolute Gasteiger partial charge is 0.156 e. The SMILES string of the molecule is CC1CCCC(CCN=C2N[C@@H](C(C)C)CS2)C1. The summed E-state index contributed by atoms with van der Waals surface area (Å²) in [5.41, 5.74) is 0. The standard InChI is InChI=1S/C15H28N2S/c1-11(2)14-10-18-15(17-14)16-8-7-13-6-4-5-12(3)9-13/h11-14H,4-10H2,1-3H3,(H,16,17)/t12?,13?,14-/m1/s1. The maximum atomic E-state index is 4.74. The van der Waals surface area contributed by atoms with E-state index >= 15 is 0 Å². The topological polar surface area (TPSA) is 24.4 Å². The summed E-state index contributed by atoms with van der Waals surface area (Å²) in [6, 6.07) is 0.628. The molecule has 0 aromatic heterocycles. The van der Waals surface area contributed by atoms with Crippen molar-refractivity contribution in [2.24, 2.45) is 22.7 Å². The number of aliphatic imine (C=N–C) groups is 1. The van der Waals surface area contributed by atoms with Crippen molar-refractivity contribution < 1.29 is 0 Å². The molecule has 2 unspecified atom stereocenters. The highest BCUT2D eigenvalue weighted by Gasteiger charge is 2.23. The highest BCUT2D eigenvalue weighted by atomic mass is 32.2. The Balaban J connectivity index is 1.68. The first-order chi connectivity index (χ1) is 8.65. The zero-order valence-corrected chi connectivity index (χ0v) is 12.9. The molecule has 0 aromatic carbocycles. The first-order valence-electron chi connectivity index (χ1n) is 7.59. The Labute approximate surface area is 116 Å². The zero-order chi connectivity index (χ0) is 13.0. The van der Waals surface area contributed by atoms with E-state index in [0.29, 0.717) is 12.0 Å². The molecule has 1 saturated heterocycles. The van der Waals surface area contributed by atoms with Crippen molar-refractivity contribution in [2.75, 3.05) is 12.3 Å². The molecule has 2 aliphatic rings. The van der Waals surface area contributed by atoms with Crippen LogP contribution in [0.15, 0.2) is 4.99 Å². The van der Waals surface area contributed by atoms with E-state index in [4.69, 9.17) is 4.99 Å². The molecule has 0 radical (unpaired) electrons. The van der Waals surface area contributed by atoms with E-state index in [2.05, 4.69) is 26.1 Å². The lowest BCUT2D eigenvalue weighted by molar-refractivity contribution is 0.273. The third kappa shape index (κ3) is 4.18. The van der Waals surface area contributed by atoms with Gasteiger partial charge in [-0.15, -0.1) is 0 Å². The monoisotopic (exact) mass is 268 g/mol. The van der Waals surface area contributed by atoms with Gasteiger partial charge in [0.1, 0.15) is 0 Å². The van der Waals surface area contributed by atoms with Crippen LogP contribution in [-0.2, 0) is 0 Å². The minimum atomic E-state index is 0.628. The number of thioether (sulfide) groups is 1. The summed E-state index contributed by atoms with van der Waals surface area (Å²) < 4.78 is 0. The van der Waals surface area contributed by atoms with Gasteiger partial charge in [0.2, 0.25) is 0 Å². The first-order valence-corrected chi connectivity index (χ1v) is 8.57. The molecule has 1 N–H and O–H groups in total. The van der Waals surface area contributed by atoms with Crippen molar-refractivity contribution >= 4 is 16.9 Å². The fourth-order valence-corrected chi connectivity index (χ4v) is 4.25. The largest absolute Gasteiger partial charge is 0.361 e. The Kier molecular flexibility index (Phi) is 5.40. The number of rotatable bonds is 4. The number of amidine groups is 1. The molecule has 1 heterocycles. The molecule has 1 aliphatic heterocycles. The number of nitrogens with zero attached hydrogens (tertiary/aromatic N) is 1. The Bertz CT molecular complexity index is 288. The van der Waals surface area contributed by atoms with E-state index in [1.165, 1.54) is 43.0 Å². The highest BCUT2D eigenvalue weighted by Crippen LogP contribution is 2.30. The molecule has 18 heavy (non-hydrogen) atoms. The Morgan fingerprint density at radius 1 is 1.39 bits per heavy atom. The van der Waals surface area contributed by atoms with E-state index in [-0.39, 0.29) is 0 Å². The van der Waals surface area contributed by atoms with E-state index in [9.17, 15) is 0 Å². The molecular weight excluding hydrogens is 240 g/mol. The number of hydrogen-bond acceptors (Lipinski definition) is 2. The lowest BCUT2D eigenvalue weighted by Gasteiger charge is -2.26. The molecular formula is C15H28N2S. The quantitative estimate of drug-likeness (QED) is 0.835. The van der Waals surface area contributed by atoms with Gasteiger partial charge in [0.25, 0.3) is 0 Å². The second kappa shape index (κ2) is 6.83. The zero-order valence-electron chi connectivity index (χ0n) is 12.1. The molecule has 2 nitrogen and oxygen atoms in total. The summed E-state index contributed by atoms with van der Waals surface area (Å²) in [6.45, 7) is 7.99. The molecule has 3 heteroatoms. The van der Waals surface area contributed by atoms with Crippen LogP contribution in [0.1, 0.15) is 52.9 Å². The van der Waals surface area contributed by atoms with Gasteiger partial charge in [-0.2, -0.15) is 0 Å². The molecule has 0 aromatic rings. The molecule has 0 amide bonds. The van der Waals surface area contributed by atoms with Crippen molar-refractivity contribution in [2.45, 2.75) is 58.9 Å². The van der Waals surface area contributed by atoms with Crippen molar-refractivity contribution in [3.8, 4) is 0 Å². The molecule has 0 bridgehead atoms. The minimum absolute atomic E-state index is 0.628. The lowest BCUT2D eigenvalue weighted by Crippen LogP contribution is -2.31. The molecule has 2 fully saturated rings. The number of nitrogens with one attached hydrogen (secondary N) is 1. The van der Waals surface area contributed by atoms with Gasteiger partial charge in [-0.05, 0) is 30.6 Å². The van der Waals surface area contributed by atoms with Crippen molar-refractivity contribution in [3.63, 3.8) is 0 Å². The summed E-state index contributed by atoms with van der Waals surface area (Å²) in [6.07, 6.45) is 7.04. The van der Waals surface area contributed by atoms with Gasteiger partial charge in [-0.1, -0.05) is 51.8 Å². The fourth-order valence-electron chi connectivity index (χ4n) is 3.03. The molecule has 1 saturated carbocycles. The van der Waals surface area contributed by atoms with Gasteiger partial charge >= 0.3 is 0 Å². The average Bonchev–Trinajstić information content (AvgIpc) is 2.78. The van der Waals surface area contributed by atoms with Gasteiger partial charge < -0.3 is 5.32 Å². The van der Waals surface area contributed by atoms with Crippen molar-refractivity contribution in [1.82, 2.24) is 5.32 Å². The van der Waals surface area contributed by atoms with Gasteiger partial charge in [0.15, 0.2) is 5.17 Å². The summed E-state index contributed by atoms with van der Waals surface area (Å²) in [5.74, 6) is 3.78. The maximum absolute atomic E-state index is 4.74. The fraction of sp³-hybridized carbons (Fsp3) is 0.933. The van der Waals surface area contributed by atoms with Crippen molar-refractivity contribution in [3.05, 3.63) is 0 Å². The minimum Gasteiger partial charge on any atom is -0.361 e. The van der Waals surface area contributed by atoms with Gasteiger partial charge in [-0.3, -0.25) is 4.99 Å². The molecule has 1 aliphatic carbocycles. The first kappa shape index (κ1) is 14.2. The van der Waals surface area contributed by atoms with Gasteiger partial charge in [-0.25, -0.2) is 0 Å². The summed E-state index contributed by atoms with van der Waals surface area (Å²) in [7, 11) is 0. The Hall–Kier alpha value is -0.180. The average molecular weight is 268 g/mol. The normalized spacial score (nSPS) is 35.1. The van der Waals surface area contributed by atoms with Crippen LogP contribution in [0, 0.1) is 17.8 Å². The van der Waals surface area contributed by atoms with Crippen LogP contribution in [-0.4, -0.2) is 23.5 Å². The predicted molar refractivity (Wildman–Crippen MR) is 82.3 cm³/mol. The van der Waals surface area contributed by atoms with E-state index in [0.717, 1.165) is 18.4 Å². The van der Waals surface area contributed by atoms with Crippen LogP contribution >= 0.6 is 11.8 Å². The van der Waals surface area contributed by atoms with Crippen molar-refractivity contribution in [1.29, 1.82) is 0 Å². The van der Waals surface area contributed by atoms with Crippen LogP contribution in [0.25, 0.3) is 0 Å². The van der Waals surface area contributed by atoms with Crippen LogP contribution in [0.3, 0.4) is 0 Å². The third-order valence-corrected chi connectivity index (χ3v) is 5.40. The lowest BCUT2D eigenvalue weighted by atomic mass is 9.81. The van der Waals surface area contributed by atoms with E-state index in [1.54, 1.807) is 0 Å². The number of hydrogen-bond donors (Lipinski definition) is 1. The van der Waals surface area contributed by atoms with E-state index < -0.39 is 0 Å². The summed E-state index contributed by atoms with van der Waals surface area (Å²) in [4.78, 5) is 4.74. The molecule has 104 valence electrons. The third-order valence-electron chi connectivity index (χ3n) is 4.35. The Morgan fingerprint density at radius 2 is 2.22 bits per heavy atom. The maximum Gasteiger partial charge on any atom is 0.156 e. The van der Waals surface area contributed by atoms with Crippen LogP contribution in [0.5, 0.6) is 0 Å². The second-order valence-electron chi connectivity index (χ2n) is 6.42. The van der Waals surface area contributed by atoms with E-state index in [1.807, 2.05) is 11.8 Å². The molecule has 2 rings (SSSR count). The van der Waals surface area contributed by atoms with Gasteiger partial charge in [0, 0.05) is 18.3 Å². The summed E-state index contributed by atoms with van der Waals surface area (Å²) in [5, 5.41) is 4.74.